The highest BCUT2D eigenvalue weighted by atomic mass is 79.9. The van der Waals surface area contributed by atoms with Crippen LogP contribution in [0.2, 0.25) is 0 Å². The van der Waals surface area contributed by atoms with Gasteiger partial charge in [0.2, 0.25) is 5.84 Å². The van der Waals surface area contributed by atoms with Gasteiger partial charge in [0.05, 0.1) is 24.9 Å². The lowest BCUT2D eigenvalue weighted by Gasteiger charge is -2.32. The number of unbranched alkanes of at least 4 members (excludes halogenated alkanes) is 18. The number of aromatic nitrogens is 1. The molecule has 1 aliphatic rings. The van der Waals surface area contributed by atoms with Crippen LogP contribution in [0.15, 0.2) is 60.0 Å². The minimum atomic E-state index is 0. The minimum absolute atomic E-state index is 0. The number of halogens is 1. The monoisotopic (exact) mass is 657 g/mol. The van der Waals surface area contributed by atoms with Crippen molar-refractivity contribution < 1.29 is 26.6 Å². The Balaban J connectivity index is 0.000000697. The molecule has 244 valence electrons. The molecule has 0 fully saturated rings. The number of hydrogen-bond donors (Lipinski definition) is 1. The summed E-state index contributed by atoms with van der Waals surface area (Å²) in [4.78, 5) is 8.85. The van der Waals surface area contributed by atoms with E-state index >= 15 is 0 Å². The molecule has 3 rings (SSSR count). The van der Waals surface area contributed by atoms with E-state index in [9.17, 15) is 5.11 Å². The second-order valence-electron chi connectivity index (χ2n) is 12.4. The highest BCUT2D eigenvalue weighted by Gasteiger charge is 2.33. The van der Waals surface area contributed by atoms with E-state index in [2.05, 4.69) is 42.2 Å². The highest BCUT2D eigenvalue weighted by Crippen LogP contribution is 2.23. The van der Waals surface area contributed by atoms with Crippen LogP contribution in [-0.4, -0.2) is 40.1 Å². The topological polar surface area (TPSA) is 45.5 Å². The summed E-state index contributed by atoms with van der Waals surface area (Å²) in [7, 11) is 0. The fraction of sp³-hybridized carbons (Fsp3) is 0.684. The molecule has 0 spiro atoms. The highest BCUT2D eigenvalue weighted by molar-refractivity contribution is 5.78. The van der Waals surface area contributed by atoms with E-state index in [1.54, 1.807) is 0 Å². The van der Waals surface area contributed by atoms with Crippen LogP contribution in [0, 0.1) is 0 Å². The third-order valence-corrected chi connectivity index (χ3v) is 8.77. The molecule has 0 saturated heterocycles. The van der Waals surface area contributed by atoms with Crippen molar-refractivity contribution in [3.05, 3.63) is 55.0 Å². The Morgan fingerprint density at radius 1 is 0.605 bits per heavy atom. The summed E-state index contributed by atoms with van der Waals surface area (Å²) in [6.07, 6.45) is 35.0. The Morgan fingerprint density at radius 3 is 1.65 bits per heavy atom. The molecular formula is C38H64BrN3O. The molecular weight excluding hydrogens is 594 g/mol. The third kappa shape index (κ3) is 17.5. The van der Waals surface area contributed by atoms with E-state index in [1.807, 2.05) is 36.7 Å². The van der Waals surface area contributed by atoms with E-state index in [-0.39, 0.29) is 23.6 Å². The molecule has 1 aromatic carbocycles. The number of quaternary nitrogens is 1. The van der Waals surface area contributed by atoms with Crippen molar-refractivity contribution >= 4 is 16.7 Å². The SMILES string of the molecule is CCCCCCCCCCCCCCCCCCCCC1=NC=C[N+]1(CCO)CCCC.[Br-].c1ccc2ncccc2c1. The minimum Gasteiger partial charge on any atom is -1.00 e. The van der Waals surface area contributed by atoms with Crippen molar-refractivity contribution in [1.29, 1.82) is 0 Å². The molecule has 0 bridgehead atoms. The molecule has 1 aliphatic heterocycles. The molecule has 0 radical (unpaired) electrons. The number of hydrogen-bond acceptors (Lipinski definition) is 3. The lowest BCUT2D eigenvalue weighted by atomic mass is 10.0. The van der Waals surface area contributed by atoms with Crippen molar-refractivity contribution in [2.45, 2.75) is 149 Å². The summed E-state index contributed by atoms with van der Waals surface area (Å²) in [6.45, 7) is 6.65. The zero-order chi connectivity index (χ0) is 30.0. The van der Waals surface area contributed by atoms with Gasteiger partial charge < -0.3 is 22.1 Å². The summed E-state index contributed by atoms with van der Waals surface area (Å²) in [6, 6.07) is 12.1. The molecule has 1 unspecified atom stereocenters. The van der Waals surface area contributed by atoms with Crippen LogP contribution in [0.3, 0.4) is 0 Å². The van der Waals surface area contributed by atoms with Crippen LogP contribution < -0.4 is 17.0 Å². The number of para-hydroxylation sites is 1. The van der Waals surface area contributed by atoms with Crippen LogP contribution >= 0.6 is 0 Å². The Morgan fingerprint density at radius 2 is 1.12 bits per heavy atom. The van der Waals surface area contributed by atoms with Gasteiger partial charge in [-0.3, -0.25) is 4.98 Å². The summed E-state index contributed by atoms with van der Waals surface area (Å²) in [5.41, 5.74) is 1.06. The number of fused-ring (bicyclic) bond motifs is 1. The summed E-state index contributed by atoms with van der Waals surface area (Å²) < 4.78 is 0.809. The molecule has 2 heterocycles. The first-order valence-electron chi connectivity index (χ1n) is 17.8. The predicted molar refractivity (Wildman–Crippen MR) is 184 cm³/mol. The van der Waals surface area contributed by atoms with E-state index in [1.165, 1.54) is 140 Å². The molecule has 0 amide bonds. The predicted octanol–water partition coefficient (Wildman–Crippen LogP) is 8.15. The zero-order valence-electron chi connectivity index (χ0n) is 27.8. The van der Waals surface area contributed by atoms with Crippen molar-refractivity contribution in [2.75, 3.05) is 19.7 Å². The molecule has 5 heteroatoms. The summed E-state index contributed by atoms with van der Waals surface area (Å²) >= 11 is 0. The van der Waals surface area contributed by atoms with Gasteiger partial charge in [0.15, 0.2) is 0 Å². The summed E-state index contributed by atoms with van der Waals surface area (Å²) in [5.74, 6) is 1.28. The zero-order valence-corrected chi connectivity index (χ0v) is 29.4. The second-order valence-corrected chi connectivity index (χ2v) is 12.4. The van der Waals surface area contributed by atoms with Crippen LogP contribution in [0.25, 0.3) is 10.9 Å². The Kier molecular flexibility index (Phi) is 24.6. The van der Waals surface area contributed by atoms with Gasteiger partial charge in [-0.2, -0.15) is 0 Å². The maximum Gasteiger partial charge on any atom is 0.207 e. The average molecular weight is 659 g/mol. The number of benzene rings is 1. The standard InChI is InChI=1S/C29H57N2O.C9H7N.BrH/c1-3-5-7-8-9-10-11-12-13-14-15-16-17-18-19-20-21-22-23-29-30-24-26-31(29,27-28-32)25-6-4-2;1-2-6-9-8(4-1)5-3-7-10-9;/h24,26,32H,3-23,25,27-28H2,1-2H3;1-7H;1H/q+1;;/p-1. The molecule has 0 aliphatic carbocycles. The first-order chi connectivity index (χ1) is 20.8. The van der Waals surface area contributed by atoms with E-state index in [0.29, 0.717) is 0 Å². The molecule has 43 heavy (non-hydrogen) atoms. The number of amidine groups is 1. The first kappa shape index (κ1) is 39.5. The van der Waals surface area contributed by atoms with Crippen molar-refractivity contribution in [3.63, 3.8) is 0 Å². The number of aliphatic imine (C=N–C) groups is 1. The van der Waals surface area contributed by atoms with Gasteiger partial charge in [0.1, 0.15) is 12.7 Å². The van der Waals surface area contributed by atoms with Gasteiger partial charge in [0, 0.05) is 18.0 Å². The number of aliphatic hydroxyl groups excluding tert-OH is 1. The molecule has 1 atom stereocenters. The van der Waals surface area contributed by atoms with Crippen molar-refractivity contribution in [3.8, 4) is 0 Å². The maximum atomic E-state index is 9.53. The Hall–Kier alpha value is -1.56. The number of aliphatic hydroxyl groups is 1. The van der Waals surface area contributed by atoms with Gasteiger partial charge in [-0.05, 0) is 25.0 Å². The summed E-state index contributed by atoms with van der Waals surface area (Å²) in [5, 5.41) is 10.7. The van der Waals surface area contributed by atoms with Gasteiger partial charge >= 0.3 is 0 Å². The molecule has 2 aromatic rings. The Bertz CT molecular complexity index is 913. The van der Waals surface area contributed by atoms with Crippen molar-refractivity contribution in [2.24, 2.45) is 4.99 Å². The fourth-order valence-corrected chi connectivity index (χ4v) is 6.07. The lowest BCUT2D eigenvalue weighted by molar-refractivity contribution is -0.788. The second kappa shape index (κ2) is 26.8. The molecule has 1 aromatic heterocycles. The van der Waals surface area contributed by atoms with Crippen LogP contribution in [-0.2, 0) is 0 Å². The third-order valence-electron chi connectivity index (χ3n) is 8.77. The lowest BCUT2D eigenvalue weighted by Crippen LogP contribution is -3.00. The molecule has 4 nitrogen and oxygen atoms in total. The van der Waals surface area contributed by atoms with Gasteiger partial charge in [-0.25, -0.2) is 9.48 Å². The van der Waals surface area contributed by atoms with Crippen LogP contribution in [0.1, 0.15) is 149 Å². The number of rotatable bonds is 24. The molecule has 0 saturated carbocycles. The maximum absolute atomic E-state index is 9.53. The Labute approximate surface area is 275 Å². The smallest absolute Gasteiger partial charge is 0.207 e. The van der Waals surface area contributed by atoms with Crippen molar-refractivity contribution in [1.82, 2.24) is 4.98 Å². The largest absolute Gasteiger partial charge is 1.00 e. The first-order valence-corrected chi connectivity index (χ1v) is 17.8. The van der Waals surface area contributed by atoms with E-state index in [0.717, 1.165) is 29.5 Å². The number of pyridine rings is 1. The normalized spacial score (nSPS) is 15.7. The van der Waals surface area contributed by atoms with Crippen LogP contribution in [0.5, 0.6) is 0 Å². The molecule has 1 N–H and O–H groups in total. The van der Waals surface area contributed by atoms with Gasteiger partial charge in [-0.1, -0.05) is 154 Å². The number of nitrogens with zero attached hydrogens (tertiary/aromatic N) is 3. The van der Waals surface area contributed by atoms with E-state index < -0.39 is 0 Å². The van der Waals surface area contributed by atoms with Gasteiger partial charge in [0.25, 0.3) is 0 Å². The quantitative estimate of drug-likeness (QED) is 0.0915. The van der Waals surface area contributed by atoms with Crippen LogP contribution in [0.4, 0.5) is 0 Å². The average Bonchev–Trinajstić information content (AvgIpc) is 3.42. The van der Waals surface area contributed by atoms with E-state index in [4.69, 9.17) is 0 Å². The van der Waals surface area contributed by atoms with Gasteiger partial charge in [-0.15, -0.1) is 0 Å². The fourth-order valence-electron chi connectivity index (χ4n) is 6.07.